The van der Waals surface area contributed by atoms with Crippen LogP contribution in [-0.2, 0) is 14.6 Å². The molecule has 28 heavy (non-hydrogen) atoms. The van der Waals surface area contributed by atoms with E-state index in [1.54, 1.807) is 25.3 Å². The summed E-state index contributed by atoms with van der Waals surface area (Å²) in [5.74, 6) is 0.613. The number of methoxy groups -OCH3 is 1. The first kappa shape index (κ1) is 20.2. The summed E-state index contributed by atoms with van der Waals surface area (Å²) in [4.78, 5) is 16.9. The largest absolute Gasteiger partial charge is 0.497 e. The van der Waals surface area contributed by atoms with Crippen LogP contribution in [0.1, 0.15) is 0 Å². The number of benzene rings is 2. The van der Waals surface area contributed by atoms with Gasteiger partial charge in [0.15, 0.2) is 9.84 Å². The Morgan fingerprint density at radius 3 is 2.29 bits per heavy atom. The van der Waals surface area contributed by atoms with Gasteiger partial charge in [0.2, 0.25) is 5.91 Å². The van der Waals surface area contributed by atoms with Crippen LogP contribution in [0.2, 0.25) is 0 Å². The molecule has 1 amide bonds. The van der Waals surface area contributed by atoms with Crippen molar-refractivity contribution in [3.63, 3.8) is 0 Å². The fraction of sp³-hybridized carbons (Fsp3) is 0.350. The van der Waals surface area contributed by atoms with Gasteiger partial charge in [-0.15, -0.1) is 0 Å². The highest BCUT2D eigenvalue weighted by Gasteiger charge is 2.20. The summed E-state index contributed by atoms with van der Waals surface area (Å²) in [6.07, 6.45) is 1.14. The van der Waals surface area contributed by atoms with E-state index in [9.17, 15) is 13.2 Å². The maximum atomic E-state index is 12.4. The van der Waals surface area contributed by atoms with Crippen LogP contribution in [0.3, 0.4) is 0 Å². The van der Waals surface area contributed by atoms with E-state index < -0.39 is 9.84 Å². The second-order valence-electron chi connectivity index (χ2n) is 6.78. The molecule has 3 rings (SSSR count). The Kier molecular flexibility index (Phi) is 6.21. The first-order chi connectivity index (χ1) is 13.4. The number of sulfone groups is 1. The van der Waals surface area contributed by atoms with Gasteiger partial charge in [0, 0.05) is 38.1 Å². The van der Waals surface area contributed by atoms with Crippen LogP contribution in [0.15, 0.2) is 53.4 Å². The lowest BCUT2D eigenvalue weighted by atomic mass is 10.2. The Balaban J connectivity index is 1.54. The molecule has 0 unspecified atom stereocenters. The van der Waals surface area contributed by atoms with E-state index in [2.05, 4.69) is 15.1 Å². The highest BCUT2D eigenvalue weighted by atomic mass is 32.2. The molecule has 0 atom stereocenters. The minimum Gasteiger partial charge on any atom is -0.497 e. The molecule has 1 N–H and O–H groups in total. The van der Waals surface area contributed by atoms with Gasteiger partial charge < -0.3 is 15.0 Å². The number of nitrogens with zero attached hydrogens (tertiary/aromatic N) is 2. The predicted molar refractivity (Wildman–Crippen MR) is 110 cm³/mol. The summed E-state index contributed by atoms with van der Waals surface area (Å²) in [6, 6.07) is 14.4. The maximum absolute atomic E-state index is 12.4. The Labute approximate surface area is 165 Å². The molecular weight excluding hydrogens is 378 g/mol. The van der Waals surface area contributed by atoms with Crippen molar-refractivity contribution in [2.75, 3.05) is 56.3 Å². The number of piperazine rings is 1. The number of hydrogen-bond acceptors (Lipinski definition) is 6. The third-order valence-corrected chi connectivity index (χ3v) is 5.89. The summed E-state index contributed by atoms with van der Waals surface area (Å²) in [5, 5.41) is 2.73. The number of para-hydroxylation sites is 1. The summed E-state index contributed by atoms with van der Waals surface area (Å²) in [5.41, 5.74) is 1.46. The molecular formula is C20H25N3O4S. The summed E-state index contributed by atoms with van der Waals surface area (Å²) in [7, 11) is -1.75. The molecule has 1 fully saturated rings. The standard InChI is InChI=1S/C20H25N3O4S/c1-27-17-9-7-16(8-10-17)23-13-11-22(12-14-23)15-20(24)21-18-5-3-4-6-19(18)28(2,25)26/h3-10H,11-15H2,1-2H3,(H,21,24). The zero-order valence-corrected chi connectivity index (χ0v) is 16.9. The number of rotatable bonds is 6. The number of amides is 1. The fourth-order valence-electron chi connectivity index (χ4n) is 3.24. The van der Waals surface area contributed by atoms with Crippen molar-refractivity contribution < 1.29 is 17.9 Å². The average Bonchev–Trinajstić information content (AvgIpc) is 2.68. The van der Waals surface area contributed by atoms with Gasteiger partial charge in [-0.2, -0.15) is 0 Å². The van der Waals surface area contributed by atoms with E-state index >= 15 is 0 Å². The van der Waals surface area contributed by atoms with Gasteiger partial charge in [0.25, 0.3) is 0 Å². The van der Waals surface area contributed by atoms with E-state index in [1.165, 1.54) is 6.07 Å². The lowest BCUT2D eigenvalue weighted by Gasteiger charge is -2.35. The third kappa shape index (κ3) is 5.02. The summed E-state index contributed by atoms with van der Waals surface area (Å²) in [6.45, 7) is 3.38. The molecule has 0 bridgehead atoms. The Hall–Kier alpha value is -2.58. The van der Waals surface area contributed by atoms with Crippen LogP contribution >= 0.6 is 0 Å². The smallest absolute Gasteiger partial charge is 0.238 e. The molecule has 2 aromatic rings. The molecule has 0 aromatic heterocycles. The second-order valence-corrected chi connectivity index (χ2v) is 8.76. The number of carbonyl (C=O) groups is 1. The molecule has 0 saturated carbocycles. The zero-order chi connectivity index (χ0) is 20.1. The monoisotopic (exact) mass is 403 g/mol. The first-order valence-electron chi connectivity index (χ1n) is 9.07. The molecule has 150 valence electrons. The molecule has 1 saturated heterocycles. The van der Waals surface area contributed by atoms with Crippen LogP contribution in [0.5, 0.6) is 5.75 Å². The average molecular weight is 404 g/mol. The van der Waals surface area contributed by atoms with Crippen molar-refractivity contribution in [2.45, 2.75) is 4.90 Å². The van der Waals surface area contributed by atoms with Gasteiger partial charge in [0.05, 0.1) is 24.2 Å². The van der Waals surface area contributed by atoms with Gasteiger partial charge in [-0.05, 0) is 36.4 Å². The minimum atomic E-state index is -3.40. The topological polar surface area (TPSA) is 79.0 Å². The summed E-state index contributed by atoms with van der Waals surface area (Å²) >= 11 is 0. The number of hydrogen-bond donors (Lipinski definition) is 1. The lowest BCUT2D eigenvalue weighted by Crippen LogP contribution is -2.48. The predicted octanol–water partition coefficient (Wildman–Crippen LogP) is 1.86. The number of nitrogens with one attached hydrogen (secondary N) is 1. The van der Waals surface area contributed by atoms with Crippen molar-refractivity contribution >= 4 is 27.1 Å². The van der Waals surface area contributed by atoms with E-state index in [4.69, 9.17) is 4.74 Å². The van der Waals surface area contributed by atoms with Crippen molar-refractivity contribution in [3.8, 4) is 5.75 Å². The van der Waals surface area contributed by atoms with Crippen molar-refractivity contribution in [1.82, 2.24) is 4.90 Å². The highest BCUT2D eigenvalue weighted by molar-refractivity contribution is 7.90. The molecule has 7 nitrogen and oxygen atoms in total. The second kappa shape index (κ2) is 8.62. The normalized spacial score (nSPS) is 15.3. The number of carbonyl (C=O) groups excluding carboxylic acids is 1. The molecule has 0 radical (unpaired) electrons. The van der Waals surface area contributed by atoms with Crippen LogP contribution < -0.4 is 15.0 Å². The highest BCUT2D eigenvalue weighted by Crippen LogP contribution is 2.22. The molecule has 2 aromatic carbocycles. The van der Waals surface area contributed by atoms with Crippen LogP contribution in [0.25, 0.3) is 0 Å². The first-order valence-corrected chi connectivity index (χ1v) is 11.0. The quantitative estimate of drug-likeness (QED) is 0.793. The van der Waals surface area contributed by atoms with E-state index in [-0.39, 0.29) is 17.3 Å². The zero-order valence-electron chi connectivity index (χ0n) is 16.1. The van der Waals surface area contributed by atoms with Crippen molar-refractivity contribution in [2.24, 2.45) is 0 Å². The van der Waals surface area contributed by atoms with E-state index in [1.807, 2.05) is 24.3 Å². The van der Waals surface area contributed by atoms with Gasteiger partial charge in [-0.25, -0.2) is 8.42 Å². The summed E-state index contributed by atoms with van der Waals surface area (Å²) < 4.78 is 28.9. The van der Waals surface area contributed by atoms with Crippen LogP contribution in [0.4, 0.5) is 11.4 Å². The SMILES string of the molecule is COc1ccc(N2CCN(CC(=O)Nc3ccccc3S(C)(=O)=O)CC2)cc1. The van der Waals surface area contributed by atoms with Gasteiger partial charge in [-0.3, -0.25) is 9.69 Å². The Morgan fingerprint density at radius 2 is 1.68 bits per heavy atom. The number of anilines is 2. The molecule has 8 heteroatoms. The van der Waals surface area contributed by atoms with Crippen LogP contribution in [0, 0.1) is 0 Å². The maximum Gasteiger partial charge on any atom is 0.238 e. The molecule has 0 spiro atoms. The molecule has 1 heterocycles. The molecule has 0 aliphatic carbocycles. The van der Waals surface area contributed by atoms with Crippen LogP contribution in [-0.4, -0.2) is 65.3 Å². The van der Waals surface area contributed by atoms with Gasteiger partial charge in [0.1, 0.15) is 5.75 Å². The van der Waals surface area contributed by atoms with E-state index in [0.717, 1.165) is 43.9 Å². The van der Waals surface area contributed by atoms with Gasteiger partial charge >= 0.3 is 0 Å². The number of ether oxygens (including phenoxy) is 1. The minimum absolute atomic E-state index is 0.132. The molecule has 1 aliphatic heterocycles. The Bertz CT molecular complexity index is 921. The molecule has 1 aliphatic rings. The Morgan fingerprint density at radius 1 is 1.04 bits per heavy atom. The van der Waals surface area contributed by atoms with E-state index in [0.29, 0.717) is 5.69 Å². The van der Waals surface area contributed by atoms with Crippen molar-refractivity contribution in [1.29, 1.82) is 0 Å². The third-order valence-electron chi connectivity index (χ3n) is 4.74. The van der Waals surface area contributed by atoms with Crippen molar-refractivity contribution in [3.05, 3.63) is 48.5 Å². The van der Waals surface area contributed by atoms with Gasteiger partial charge in [-0.1, -0.05) is 12.1 Å². The fourth-order valence-corrected chi connectivity index (χ4v) is 4.09. The lowest BCUT2D eigenvalue weighted by molar-refractivity contribution is -0.117.